The van der Waals surface area contributed by atoms with Crippen LogP contribution in [0.5, 0.6) is 0 Å². The SMILES string of the molecule is CN(C)C1CCN(c2c([N+](=O)[O-])ncn2C)CC1. The Morgan fingerprint density at radius 3 is 2.56 bits per heavy atom. The average Bonchev–Trinajstić information content (AvgIpc) is 2.71. The maximum absolute atomic E-state index is 10.9. The Morgan fingerprint density at radius 2 is 2.06 bits per heavy atom. The molecule has 0 aromatic carbocycles. The van der Waals surface area contributed by atoms with Gasteiger partial charge in [0, 0.05) is 26.2 Å². The van der Waals surface area contributed by atoms with Gasteiger partial charge in [-0.1, -0.05) is 0 Å². The summed E-state index contributed by atoms with van der Waals surface area (Å²) >= 11 is 0. The van der Waals surface area contributed by atoms with Gasteiger partial charge in [-0.15, -0.1) is 0 Å². The maximum atomic E-state index is 10.9. The molecule has 2 rings (SSSR count). The van der Waals surface area contributed by atoms with Gasteiger partial charge in [0.25, 0.3) is 0 Å². The third-order valence-electron chi connectivity index (χ3n) is 3.55. The van der Waals surface area contributed by atoms with E-state index in [9.17, 15) is 10.1 Å². The molecule has 0 spiro atoms. The number of hydrogen-bond acceptors (Lipinski definition) is 5. The highest BCUT2D eigenvalue weighted by Gasteiger charge is 2.29. The number of nitrogens with zero attached hydrogens (tertiary/aromatic N) is 5. The van der Waals surface area contributed by atoms with Gasteiger partial charge in [-0.3, -0.25) is 4.57 Å². The van der Waals surface area contributed by atoms with Crippen molar-refractivity contribution in [2.75, 3.05) is 32.1 Å². The highest BCUT2D eigenvalue weighted by Crippen LogP contribution is 2.28. The number of aryl methyl sites for hydroxylation is 1. The zero-order valence-electron chi connectivity index (χ0n) is 11.0. The number of piperidine rings is 1. The van der Waals surface area contributed by atoms with Crippen molar-refractivity contribution >= 4 is 11.6 Å². The largest absolute Gasteiger partial charge is 0.406 e. The summed E-state index contributed by atoms with van der Waals surface area (Å²) in [6.45, 7) is 1.67. The molecule has 0 N–H and O–H groups in total. The molecule has 0 amide bonds. The minimum absolute atomic E-state index is 0.0409. The molecule has 2 heterocycles. The molecule has 0 aliphatic carbocycles. The van der Waals surface area contributed by atoms with Gasteiger partial charge in [0.2, 0.25) is 12.1 Å². The summed E-state index contributed by atoms with van der Waals surface area (Å²) in [5.74, 6) is 0.581. The Bertz CT molecular complexity index is 435. The van der Waals surface area contributed by atoms with E-state index in [1.165, 1.54) is 6.33 Å². The number of hydrogen-bond donors (Lipinski definition) is 0. The van der Waals surface area contributed by atoms with Crippen molar-refractivity contribution in [3.63, 3.8) is 0 Å². The predicted octanol–water partition coefficient (Wildman–Crippen LogP) is 0.859. The standard InChI is InChI=1S/C11H19N5O2/c1-13(2)9-4-6-15(7-5-9)11-10(16(17)18)12-8-14(11)3/h8-9H,4-7H2,1-3H3. The molecule has 0 bridgehead atoms. The summed E-state index contributed by atoms with van der Waals surface area (Å²) < 4.78 is 1.73. The van der Waals surface area contributed by atoms with Crippen LogP contribution in [0.15, 0.2) is 6.33 Å². The first-order chi connectivity index (χ1) is 8.50. The number of imidazole rings is 1. The Kier molecular flexibility index (Phi) is 3.51. The number of anilines is 1. The molecule has 1 aromatic rings. The molecule has 1 aliphatic heterocycles. The lowest BCUT2D eigenvalue weighted by Gasteiger charge is -2.35. The molecule has 0 saturated carbocycles. The molecule has 18 heavy (non-hydrogen) atoms. The molecule has 100 valence electrons. The van der Waals surface area contributed by atoms with Gasteiger partial charge in [0.05, 0.1) is 0 Å². The zero-order chi connectivity index (χ0) is 13.3. The van der Waals surface area contributed by atoms with Crippen LogP contribution in [0.25, 0.3) is 0 Å². The molecule has 0 unspecified atom stereocenters. The van der Waals surface area contributed by atoms with Gasteiger partial charge in [0.15, 0.2) is 0 Å². The second-order valence-electron chi connectivity index (χ2n) is 4.94. The number of rotatable bonds is 3. The Hall–Kier alpha value is -1.63. The van der Waals surface area contributed by atoms with Crippen molar-refractivity contribution in [2.45, 2.75) is 18.9 Å². The van der Waals surface area contributed by atoms with Crippen LogP contribution in [0, 0.1) is 10.1 Å². The summed E-state index contributed by atoms with van der Waals surface area (Å²) in [5, 5.41) is 10.9. The van der Waals surface area contributed by atoms with Gasteiger partial charge >= 0.3 is 5.82 Å². The van der Waals surface area contributed by atoms with E-state index in [0.29, 0.717) is 11.9 Å². The molecule has 7 heteroatoms. The lowest BCUT2D eigenvalue weighted by atomic mass is 10.0. The van der Waals surface area contributed by atoms with Crippen molar-refractivity contribution < 1.29 is 4.92 Å². The molecular weight excluding hydrogens is 234 g/mol. The second-order valence-corrected chi connectivity index (χ2v) is 4.94. The van der Waals surface area contributed by atoms with Gasteiger partial charge in [0.1, 0.15) is 0 Å². The van der Waals surface area contributed by atoms with Crippen LogP contribution in [-0.2, 0) is 7.05 Å². The summed E-state index contributed by atoms with van der Waals surface area (Å²) in [5.41, 5.74) is 0. The highest BCUT2D eigenvalue weighted by atomic mass is 16.6. The van der Waals surface area contributed by atoms with Crippen molar-refractivity contribution in [3.8, 4) is 0 Å². The number of aromatic nitrogens is 2. The average molecular weight is 253 g/mol. The first kappa shape index (κ1) is 12.8. The Labute approximate surface area is 106 Å². The minimum atomic E-state index is -0.409. The van der Waals surface area contributed by atoms with Crippen molar-refractivity contribution in [2.24, 2.45) is 7.05 Å². The van der Waals surface area contributed by atoms with Crippen LogP contribution < -0.4 is 4.90 Å². The number of nitro groups is 1. The topological polar surface area (TPSA) is 67.4 Å². The van der Waals surface area contributed by atoms with Crippen LogP contribution in [-0.4, -0.2) is 52.6 Å². The van der Waals surface area contributed by atoms with E-state index in [2.05, 4.69) is 28.9 Å². The first-order valence-corrected chi connectivity index (χ1v) is 6.07. The molecule has 1 saturated heterocycles. The summed E-state index contributed by atoms with van der Waals surface area (Å²) in [6, 6.07) is 0.563. The van der Waals surface area contributed by atoms with Crippen LogP contribution in [0.1, 0.15) is 12.8 Å². The van der Waals surface area contributed by atoms with Gasteiger partial charge in [-0.05, 0) is 36.8 Å². The van der Waals surface area contributed by atoms with Crippen LogP contribution >= 0.6 is 0 Å². The fraction of sp³-hybridized carbons (Fsp3) is 0.727. The first-order valence-electron chi connectivity index (χ1n) is 6.07. The molecule has 1 aromatic heterocycles. The molecule has 0 radical (unpaired) electrons. The second kappa shape index (κ2) is 4.93. The fourth-order valence-corrected chi connectivity index (χ4v) is 2.50. The zero-order valence-corrected chi connectivity index (χ0v) is 11.0. The van der Waals surface area contributed by atoms with Crippen LogP contribution in [0.2, 0.25) is 0 Å². The van der Waals surface area contributed by atoms with E-state index < -0.39 is 4.92 Å². The lowest BCUT2D eigenvalue weighted by Crippen LogP contribution is -2.42. The summed E-state index contributed by atoms with van der Waals surface area (Å²) in [7, 11) is 5.95. The molecule has 1 aliphatic rings. The van der Waals surface area contributed by atoms with E-state index >= 15 is 0 Å². The van der Waals surface area contributed by atoms with E-state index in [-0.39, 0.29) is 5.82 Å². The van der Waals surface area contributed by atoms with Crippen LogP contribution in [0.4, 0.5) is 11.6 Å². The van der Waals surface area contributed by atoms with Gasteiger partial charge in [-0.2, -0.15) is 0 Å². The van der Waals surface area contributed by atoms with Gasteiger partial charge in [-0.25, -0.2) is 0 Å². The monoisotopic (exact) mass is 253 g/mol. The highest BCUT2D eigenvalue weighted by molar-refractivity contribution is 5.54. The van der Waals surface area contributed by atoms with Crippen molar-refractivity contribution in [1.82, 2.24) is 14.5 Å². The quantitative estimate of drug-likeness (QED) is 0.590. The van der Waals surface area contributed by atoms with Crippen molar-refractivity contribution in [3.05, 3.63) is 16.4 Å². The van der Waals surface area contributed by atoms with E-state index in [1.54, 1.807) is 11.6 Å². The van der Waals surface area contributed by atoms with Gasteiger partial charge < -0.3 is 19.9 Å². The maximum Gasteiger partial charge on any atom is 0.406 e. The molecule has 7 nitrogen and oxygen atoms in total. The van der Waals surface area contributed by atoms with Crippen molar-refractivity contribution in [1.29, 1.82) is 0 Å². The van der Waals surface area contributed by atoms with Crippen LogP contribution in [0.3, 0.4) is 0 Å². The molecular formula is C11H19N5O2. The predicted molar refractivity (Wildman–Crippen MR) is 68.8 cm³/mol. The smallest absolute Gasteiger partial charge is 0.358 e. The van der Waals surface area contributed by atoms with E-state index in [0.717, 1.165) is 25.9 Å². The summed E-state index contributed by atoms with van der Waals surface area (Å²) in [4.78, 5) is 18.7. The fourth-order valence-electron chi connectivity index (χ4n) is 2.50. The molecule has 1 fully saturated rings. The molecule has 0 atom stereocenters. The van der Waals surface area contributed by atoms with E-state index in [4.69, 9.17) is 0 Å². The Balaban J connectivity index is 2.14. The third-order valence-corrected chi connectivity index (χ3v) is 3.55. The summed E-state index contributed by atoms with van der Waals surface area (Å²) in [6.07, 6.45) is 3.55. The third kappa shape index (κ3) is 2.31. The normalized spacial score (nSPS) is 17.4. The Morgan fingerprint density at radius 1 is 1.44 bits per heavy atom. The van der Waals surface area contributed by atoms with E-state index in [1.807, 2.05) is 0 Å². The lowest BCUT2D eigenvalue weighted by molar-refractivity contribution is -0.388. The minimum Gasteiger partial charge on any atom is -0.358 e.